The monoisotopic (exact) mass is 393 g/mol. The van der Waals surface area contributed by atoms with Gasteiger partial charge in [-0.2, -0.15) is 0 Å². The number of carboxylic acid groups (broad SMARTS) is 1. The molecule has 6 nitrogen and oxygen atoms in total. The average molecular weight is 394 g/mol. The topological polar surface area (TPSA) is 74.6 Å². The summed E-state index contributed by atoms with van der Waals surface area (Å²) in [6.45, 7) is 3.87. The fraction of sp³-hybridized carbons (Fsp3) is 0.474. The van der Waals surface area contributed by atoms with E-state index < -0.39 is 17.3 Å². The van der Waals surface area contributed by atoms with Crippen LogP contribution in [0.3, 0.4) is 0 Å². The van der Waals surface area contributed by atoms with Gasteiger partial charge < -0.3 is 14.6 Å². The number of pyridine rings is 1. The van der Waals surface area contributed by atoms with Gasteiger partial charge in [-0.1, -0.05) is 0 Å². The van der Waals surface area contributed by atoms with Crippen molar-refractivity contribution in [2.45, 2.75) is 32.2 Å². The van der Waals surface area contributed by atoms with Gasteiger partial charge in [-0.05, 0) is 61.6 Å². The lowest BCUT2D eigenvalue weighted by Crippen LogP contribution is -2.28. The van der Waals surface area contributed by atoms with Crippen LogP contribution in [0.25, 0.3) is 10.9 Å². The van der Waals surface area contributed by atoms with Crippen LogP contribution in [0.5, 0.6) is 0 Å². The minimum atomic E-state index is -1.28. The van der Waals surface area contributed by atoms with E-state index in [1.54, 1.807) is 4.57 Å². The number of halogens is 2. The number of hydrogen-bond donors (Lipinski definition) is 2. The predicted molar refractivity (Wildman–Crippen MR) is 102 cm³/mol. The number of aryl methyl sites for hydroxylation is 1. The molecule has 2 aromatic rings. The summed E-state index contributed by atoms with van der Waals surface area (Å²) >= 11 is 5.61. The molecule has 1 aromatic carbocycles. The third-order valence-electron chi connectivity index (χ3n) is 5.59. The number of carbonyl (C=O) groups is 1. The molecule has 144 valence electrons. The van der Waals surface area contributed by atoms with Gasteiger partial charge in [0, 0.05) is 31.1 Å². The van der Waals surface area contributed by atoms with Crippen molar-refractivity contribution in [3.8, 4) is 0 Å². The molecule has 2 fully saturated rings. The molecule has 4 rings (SSSR count). The summed E-state index contributed by atoms with van der Waals surface area (Å²) in [7, 11) is 0. The van der Waals surface area contributed by atoms with Gasteiger partial charge in [-0.25, -0.2) is 14.0 Å². The predicted octanol–water partition coefficient (Wildman–Crippen LogP) is 3.05. The van der Waals surface area contributed by atoms with Crippen LogP contribution < -0.4 is 15.3 Å². The van der Waals surface area contributed by atoms with Crippen LogP contribution in [-0.4, -0.2) is 35.3 Å². The summed E-state index contributed by atoms with van der Waals surface area (Å²) in [5.41, 5.74) is 1.00. The maximum absolute atomic E-state index is 15.0. The number of aromatic carboxylic acids is 1. The minimum absolute atomic E-state index is 0.0110. The van der Waals surface area contributed by atoms with Gasteiger partial charge in [0.05, 0.1) is 11.2 Å². The van der Waals surface area contributed by atoms with E-state index >= 15 is 4.39 Å². The van der Waals surface area contributed by atoms with Gasteiger partial charge in [0.25, 0.3) is 5.56 Å². The molecule has 0 radical (unpaired) electrons. The highest BCUT2D eigenvalue weighted by Crippen LogP contribution is 2.40. The number of hydrogen-bond acceptors (Lipinski definition) is 4. The van der Waals surface area contributed by atoms with Crippen molar-refractivity contribution in [3.05, 3.63) is 39.4 Å². The fourth-order valence-electron chi connectivity index (χ4n) is 4.19. The number of nitrogens with one attached hydrogen (secondary N) is 1. The van der Waals surface area contributed by atoms with Crippen molar-refractivity contribution >= 4 is 34.3 Å². The number of rotatable bonds is 5. The summed E-state index contributed by atoms with van der Waals surface area (Å²) in [6.07, 6.45) is 2.57. The smallest absolute Gasteiger partial charge is 0.341 e. The zero-order valence-corrected chi connectivity index (χ0v) is 15.7. The van der Waals surface area contributed by atoms with Crippen LogP contribution in [-0.2, 0) is 0 Å². The molecule has 2 heterocycles. The van der Waals surface area contributed by atoms with Crippen molar-refractivity contribution in [2.75, 3.05) is 24.5 Å². The highest BCUT2D eigenvalue weighted by molar-refractivity contribution is 6.13. The van der Waals surface area contributed by atoms with E-state index in [1.807, 2.05) is 11.8 Å². The minimum Gasteiger partial charge on any atom is -0.477 e. The van der Waals surface area contributed by atoms with Crippen molar-refractivity contribution < 1.29 is 14.3 Å². The highest BCUT2D eigenvalue weighted by Gasteiger charge is 2.32. The fourth-order valence-corrected chi connectivity index (χ4v) is 4.41. The van der Waals surface area contributed by atoms with Gasteiger partial charge in [-0.3, -0.25) is 4.79 Å². The van der Waals surface area contributed by atoms with E-state index in [-0.39, 0.29) is 11.6 Å². The van der Waals surface area contributed by atoms with Gasteiger partial charge in [0.1, 0.15) is 11.4 Å². The molecular formula is C19H21ClFN3O3. The lowest BCUT2D eigenvalue weighted by molar-refractivity contribution is 0.0694. The van der Waals surface area contributed by atoms with E-state index in [0.717, 1.165) is 19.3 Å². The average Bonchev–Trinajstić information content (AvgIpc) is 3.35. The Morgan fingerprint density at radius 2 is 2.11 bits per heavy atom. The maximum Gasteiger partial charge on any atom is 0.341 e. The van der Waals surface area contributed by atoms with Crippen LogP contribution in [0.4, 0.5) is 10.1 Å². The van der Waals surface area contributed by atoms with Crippen molar-refractivity contribution in [3.63, 3.8) is 0 Å². The number of aromatic nitrogens is 1. The third kappa shape index (κ3) is 3.08. The Morgan fingerprint density at radius 1 is 1.37 bits per heavy atom. The molecule has 2 N–H and O–H groups in total. The molecule has 1 unspecified atom stereocenters. The van der Waals surface area contributed by atoms with Crippen LogP contribution in [0.1, 0.15) is 41.2 Å². The van der Waals surface area contributed by atoms with Gasteiger partial charge in [-0.15, -0.1) is 0 Å². The molecule has 27 heavy (non-hydrogen) atoms. The van der Waals surface area contributed by atoms with Gasteiger partial charge in [0.15, 0.2) is 0 Å². The zero-order valence-electron chi connectivity index (χ0n) is 15.0. The molecule has 1 saturated carbocycles. The summed E-state index contributed by atoms with van der Waals surface area (Å²) in [5, 5.41) is 9.82. The number of carboxylic acids is 1. The molecule has 0 bridgehead atoms. The lowest BCUT2D eigenvalue weighted by Gasteiger charge is -2.24. The Bertz CT molecular complexity index is 987. The Labute approximate surface area is 160 Å². The molecule has 1 aromatic heterocycles. The molecular weight excluding hydrogens is 373 g/mol. The summed E-state index contributed by atoms with van der Waals surface area (Å²) in [6, 6.07) is 2.64. The largest absolute Gasteiger partial charge is 0.477 e. The third-order valence-corrected chi connectivity index (χ3v) is 5.75. The van der Waals surface area contributed by atoms with Crippen molar-refractivity contribution in [1.29, 1.82) is 0 Å². The zero-order chi connectivity index (χ0) is 19.3. The van der Waals surface area contributed by atoms with Crippen molar-refractivity contribution in [2.24, 2.45) is 5.92 Å². The van der Waals surface area contributed by atoms with E-state index in [1.165, 1.54) is 12.1 Å². The molecule has 0 amide bonds. The van der Waals surface area contributed by atoms with E-state index in [0.29, 0.717) is 47.7 Å². The Morgan fingerprint density at radius 3 is 2.74 bits per heavy atom. The van der Waals surface area contributed by atoms with Crippen LogP contribution >= 0.6 is 11.8 Å². The van der Waals surface area contributed by atoms with Crippen LogP contribution in [0.2, 0.25) is 0 Å². The van der Waals surface area contributed by atoms with E-state index in [4.69, 9.17) is 11.8 Å². The first-order valence-electron chi connectivity index (χ1n) is 9.12. The summed E-state index contributed by atoms with van der Waals surface area (Å²) < 4.78 is 16.6. The maximum atomic E-state index is 15.0. The Kier molecular flexibility index (Phi) is 4.60. The van der Waals surface area contributed by atoms with Gasteiger partial charge in [0.2, 0.25) is 0 Å². The summed E-state index contributed by atoms with van der Waals surface area (Å²) in [4.78, 5) is 28.9. The Balaban J connectivity index is 1.91. The first kappa shape index (κ1) is 18.3. The molecule has 1 atom stereocenters. The summed E-state index contributed by atoms with van der Waals surface area (Å²) in [5.74, 6) is -1.34. The highest BCUT2D eigenvalue weighted by atomic mass is 35.5. The molecule has 1 aliphatic heterocycles. The standard InChI is InChI=1S/C19H21ClFN3O3/c1-10-16-12(6-14(19(26)27)18(25)24(16)13-2-3-13)7-15(21)17(10)23-5-4-11(9-23)8-22-20/h6-7,11,13,22H,2-5,8-9H2,1H3,(H,26,27). The number of anilines is 1. The molecule has 2 aliphatic rings. The SMILES string of the molecule is Cc1c(N2CCC(CNCl)C2)c(F)cc2cc(C(=O)O)c(=O)n(C3CC3)c12. The first-order chi connectivity index (χ1) is 12.9. The Hall–Kier alpha value is -2.12. The number of benzene rings is 1. The first-order valence-corrected chi connectivity index (χ1v) is 9.50. The van der Waals surface area contributed by atoms with Crippen LogP contribution in [0.15, 0.2) is 16.9 Å². The normalized spacial score (nSPS) is 19.8. The van der Waals surface area contributed by atoms with E-state index in [2.05, 4.69) is 4.84 Å². The second-order valence-electron chi connectivity index (χ2n) is 7.48. The van der Waals surface area contributed by atoms with Crippen LogP contribution in [0, 0.1) is 18.7 Å². The van der Waals surface area contributed by atoms with Gasteiger partial charge >= 0.3 is 5.97 Å². The molecule has 1 saturated heterocycles. The molecule has 8 heteroatoms. The van der Waals surface area contributed by atoms with Crippen molar-refractivity contribution in [1.82, 2.24) is 9.40 Å². The second kappa shape index (κ2) is 6.80. The number of fused-ring (bicyclic) bond motifs is 1. The number of nitrogens with zero attached hydrogens (tertiary/aromatic N) is 2. The molecule has 1 aliphatic carbocycles. The van der Waals surface area contributed by atoms with E-state index in [9.17, 15) is 14.7 Å². The quantitative estimate of drug-likeness (QED) is 0.764. The molecule has 0 spiro atoms. The lowest BCUT2D eigenvalue weighted by atomic mass is 10.0. The second-order valence-corrected chi connectivity index (χ2v) is 7.75.